The minimum Gasteiger partial charge on any atom is -0.396 e. The van der Waals surface area contributed by atoms with Crippen LogP contribution in [0.5, 0.6) is 0 Å². The SMILES string of the molecule is C=CCN1C(=O)[C@@]2(O[C@@H](CCn3cc(CCO)nn3)[C@H]([Si](C)(C)F)[C@H]2C)c2cc(N3CCC3=O)ccc21. The number of nitrogens with zero attached hydrogens (tertiary/aromatic N) is 5. The number of halogens is 1. The zero-order valence-corrected chi connectivity index (χ0v) is 22.6. The van der Waals surface area contributed by atoms with Gasteiger partial charge in [-0.3, -0.25) is 14.3 Å². The zero-order chi connectivity index (χ0) is 26.5. The van der Waals surface area contributed by atoms with Crippen LogP contribution in [0.25, 0.3) is 0 Å². The van der Waals surface area contributed by atoms with E-state index in [0.717, 1.165) is 11.4 Å². The summed E-state index contributed by atoms with van der Waals surface area (Å²) >= 11 is 0. The Labute approximate surface area is 217 Å². The van der Waals surface area contributed by atoms with Crippen LogP contribution in [0.15, 0.2) is 37.1 Å². The molecule has 198 valence electrons. The Kier molecular flexibility index (Phi) is 6.57. The summed E-state index contributed by atoms with van der Waals surface area (Å²) in [5.41, 5.74) is 1.07. The number of aromatic nitrogens is 3. The van der Waals surface area contributed by atoms with Gasteiger partial charge in [0.2, 0.25) is 14.3 Å². The average Bonchev–Trinajstić information content (AvgIpc) is 3.47. The molecule has 1 aromatic heterocycles. The number of amides is 2. The molecule has 0 aliphatic carbocycles. The molecule has 5 rings (SSSR count). The van der Waals surface area contributed by atoms with Crippen LogP contribution in [0.2, 0.25) is 18.6 Å². The monoisotopic (exact) mass is 527 g/mol. The quantitative estimate of drug-likeness (QED) is 0.233. The number of rotatable bonds is 9. The van der Waals surface area contributed by atoms with Gasteiger partial charge in [0.05, 0.1) is 17.5 Å². The van der Waals surface area contributed by atoms with Crippen LogP contribution in [-0.2, 0) is 32.9 Å². The predicted molar refractivity (Wildman–Crippen MR) is 139 cm³/mol. The normalized spacial score (nSPS) is 27.2. The van der Waals surface area contributed by atoms with Crippen LogP contribution >= 0.6 is 0 Å². The summed E-state index contributed by atoms with van der Waals surface area (Å²) in [7, 11) is -3.28. The second-order valence-corrected chi connectivity index (χ2v) is 14.5. The molecule has 11 heteroatoms. The van der Waals surface area contributed by atoms with Crippen molar-refractivity contribution in [3.05, 3.63) is 48.3 Å². The third-order valence-corrected chi connectivity index (χ3v) is 10.5. The van der Waals surface area contributed by atoms with E-state index in [1.54, 1.807) is 39.8 Å². The number of anilines is 2. The van der Waals surface area contributed by atoms with Gasteiger partial charge in [-0.2, -0.15) is 0 Å². The Morgan fingerprint density at radius 2 is 2.14 bits per heavy atom. The molecular formula is C26H34FN5O4Si. The lowest BCUT2D eigenvalue weighted by atomic mass is 9.82. The summed E-state index contributed by atoms with van der Waals surface area (Å²) in [6.45, 7) is 10.5. The zero-order valence-electron chi connectivity index (χ0n) is 21.6. The van der Waals surface area contributed by atoms with E-state index in [1.165, 1.54) is 0 Å². The number of carbonyl (C=O) groups excluding carboxylic acids is 2. The molecule has 4 heterocycles. The number of benzene rings is 1. The third-order valence-electron chi connectivity index (χ3n) is 8.01. The van der Waals surface area contributed by atoms with Gasteiger partial charge in [0.1, 0.15) is 0 Å². The minimum absolute atomic E-state index is 0.0120. The van der Waals surface area contributed by atoms with E-state index in [9.17, 15) is 9.59 Å². The van der Waals surface area contributed by atoms with Crippen molar-refractivity contribution in [2.75, 3.05) is 29.5 Å². The maximum absolute atomic E-state index is 15.9. The first kappa shape index (κ1) is 25.7. The number of carbonyl (C=O) groups is 2. The molecule has 4 atom stereocenters. The van der Waals surface area contributed by atoms with Crippen molar-refractivity contribution < 1.29 is 23.5 Å². The molecule has 0 bridgehead atoms. The van der Waals surface area contributed by atoms with Crippen molar-refractivity contribution in [3.63, 3.8) is 0 Å². The Morgan fingerprint density at radius 3 is 2.76 bits per heavy atom. The second kappa shape index (κ2) is 9.45. The lowest BCUT2D eigenvalue weighted by Crippen LogP contribution is -2.45. The smallest absolute Gasteiger partial charge is 0.264 e. The van der Waals surface area contributed by atoms with Crippen molar-refractivity contribution in [1.82, 2.24) is 15.0 Å². The maximum Gasteiger partial charge on any atom is 0.264 e. The van der Waals surface area contributed by atoms with Crippen LogP contribution in [0.3, 0.4) is 0 Å². The van der Waals surface area contributed by atoms with Gasteiger partial charge in [-0.15, -0.1) is 11.7 Å². The van der Waals surface area contributed by atoms with Crippen molar-refractivity contribution in [2.24, 2.45) is 5.92 Å². The molecule has 0 unspecified atom stereocenters. The molecule has 3 aliphatic rings. The predicted octanol–water partition coefficient (Wildman–Crippen LogP) is 2.95. The van der Waals surface area contributed by atoms with E-state index in [2.05, 4.69) is 16.9 Å². The van der Waals surface area contributed by atoms with E-state index >= 15 is 4.11 Å². The summed E-state index contributed by atoms with van der Waals surface area (Å²) < 4.78 is 24.3. The number of aliphatic hydroxyl groups excluding tert-OH is 1. The number of hydrogen-bond acceptors (Lipinski definition) is 6. The molecule has 1 N–H and O–H groups in total. The minimum atomic E-state index is -3.28. The number of aliphatic hydroxyl groups is 1. The highest BCUT2D eigenvalue weighted by atomic mass is 28.4. The molecule has 0 saturated carbocycles. The summed E-state index contributed by atoms with van der Waals surface area (Å²) in [5, 5.41) is 17.4. The first-order valence-corrected chi connectivity index (χ1v) is 15.8. The number of β-lactam (4-membered cyclic amide) rings is 1. The van der Waals surface area contributed by atoms with E-state index in [0.29, 0.717) is 50.2 Å². The largest absolute Gasteiger partial charge is 0.396 e. The van der Waals surface area contributed by atoms with Crippen LogP contribution in [-0.4, -0.2) is 66.1 Å². The van der Waals surface area contributed by atoms with Crippen molar-refractivity contribution in [1.29, 1.82) is 0 Å². The van der Waals surface area contributed by atoms with Gasteiger partial charge in [-0.25, -0.2) is 0 Å². The molecule has 1 aromatic carbocycles. The highest BCUT2D eigenvalue weighted by Gasteiger charge is 2.66. The lowest BCUT2D eigenvalue weighted by Gasteiger charge is -2.33. The summed E-state index contributed by atoms with van der Waals surface area (Å²) in [6, 6.07) is 5.60. The highest BCUT2D eigenvalue weighted by Crippen LogP contribution is 2.60. The number of aryl methyl sites for hydroxylation is 1. The average molecular weight is 528 g/mol. The molecule has 37 heavy (non-hydrogen) atoms. The van der Waals surface area contributed by atoms with Crippen LogP contribution in [0, 0.1) is 5.92 Å². The fraction of sp³-hybridized carbons (Fsp3) is 0.538. The van der Waals surface area contributed by atoms with Crippen molar-refractivity contribution >= 4 is 31.6 Å². The number of ether oxygens (including phenoxy) is 1. The fourth-order valence-corrected chi connectivity index (χ4v) is 8.85. The van der Waals surface area contributed by atoms with Gasteiger partial charge in [-0.1, -0.05) is 18.2 Å². The van der Waals surface area contributed by atoms with Crippen molar-refractivity contribution in [3.8, 4) is 0 Å². The standard InChI is InChI=1S/C26H34FN5O4Si/c1-5-11-32-21-7-6-19(31-13-9-23(31)34)15-20(21)26(25(32)35)17(2)24(37(3,4)27)22(36-26)8-12-30-16-18(10-14-33)28-29-30/h5-7,15-17,22,24,33H,1,8-14H2,2-4H3/t17-,22+,24-,26+/m1/s1. The summed E-state index contributed by atoms with van der Waals surface area (Å²) in [4.78, 5) is 29.6. The Morgan fingerprint density at radius 1 is 1.35 bits per heavy atom. The van der Waals surface area contributed by atoms with Gasteiger partial charge in [0, 0.05) is 68.0 Å². The topological polar surface area (TPSA) is 101 Å². The van der Waals surface area contributed by atoms with Crippen molar-refractivity contribution in [2.45, 2.75) is 63.1 Å². The third kappa shape index (κ3) is 4.13. The van der Waals surface area contributed by atoms with Gasteiger partial charge in [-0.05, 0) is 37.7 Å². The summed E-state index contributed by atoms with van der Waals surface area (Å²) in [6.07, 6.45) is 4.33. The van der Waals surface area contributed by atoms with Gasteiger partial charge >= 0.3 is 0 Å². The molecule has 9 nitrogen and oxygen atoms in total. The molecule has 3 aliphatic heterocycles. The van der Waals surface area contributed by atoms with E-state index in [-0.39, 0.29) is 18.4 Å². The Bertz CT molecular complexity index is 1230. The summed E-state index contributed by atoms with van der Waals surface area (Å²) in [5.74, 6) is -0.574. The van der Waals surface area contributed by atoms with Gasteiger partial charge in [0.15, 0.2) is 5.60 Å². The van der Waals surface area contributed by atoms with E-state index in [4.69, 9.17) is 9.84 Å². The number of hydrogen-bond donors (Lipinski definition) is 1. The van der Waals surface area contributed by atoms with E-state index < -0.39 is 31.6 Å². The first-order chi connectivity index (χ1) is 17.6. The Hall–Kier alpha value is -2.89. The van der Waals surface area contributed by atoms with Crippen LogP contribution < -0.4 is 9.80 Å². The van der Waals surface area contributed by atoms with Crippen LogP contribution in [0.1, 0.15) is 31.0 Å². The van der Waals surface area contributed by atoms with Crippen LogP contribution in [0.4, 0.5) is 15.5 Å². The fourth-order valence-electron chi connectivity index (χ4n) is 6.31. The maximum atomic E-state index is 15.9. The highest BCUT2D eigenvalue weighted by molar-refractivity contribution is 6.72. The molecule has 2 fully saturated rings. The van der Waals surface area contributed by atoms with Gasteiger partial charge < -0.3 is 23.8 Å². The molecule has 2 saturated heterocycles. The molecule has 2 aromatic rings. The van der Waals surface area contributed by atoms with Gasteiger partial charge in [0.25, 0.3) is 5.91 Å². The second-order valence-electron chi connectivity index (χ2n) is 10.7. The molecule has 0 radical (unpaired) electrons. The Balaban J connectivity index is 1.53. The molecule has 1 spiro atoms. The molecular weight excluding hydrogens is 493 g/mol. The molecule has 2 amide bonds. The van der Waals surface area contributed by atoms with E-state index in [1.807, 2.05) is 25.1 Å². The first-order valence-electron chi connectivity index (χ1n) is 12.9. The lowest BCUT2D eigenvalue weighted by molar-refractivity contribution is -0.145. The number of fused-ring (bicyclic) bond motifs is 2.